The Morgan fingerprint density at radius 1 is 1.22 bits per heavy atom. The van der Waals surface area contributed by atoms with Gasteiger partial charge in [0.1, 0.15) is 6.33 Å². The summed E-state index contributed by atoms with van der Waals surface area (Å²) >= 11 is 0. The molecular formula is C13H18N4O. The minimum atomic E-state index is 0.0972. The quantitative estimate of drug-likeness (QED) is 0.778. The standard InChI is InChI=1S/C13H18N4O/c1-8-12(9(2)16-7-15-8)13(18)17-5-10-3-14-4-11(10)6-17/h7,10-11,14H,3-6H2,1-2H3. The van der Waals surface area contributed by atoms with Crippen molar-refractivity contribution in [3.63, 3.8) is 0 Å². The summed E-state index contributed by atoms with van der Waals surface area (Å²) in [7, 11) is 0. The lowest BCUT2D eigenvalue weighted by molar-refractivity contribution is 0.0779. The summed E-state index contributed by atoms with van der Waals surface area (Å²) in [5, 5.41) is 3.38. The second kappa shape index (κ2) is 4.31. The molecule has 2 saturated heterocycles. The lowest BCUT2D eigenvalue weighted by Crippen LogP contribution is -2.33. The maximum atomic E-state index is 12.5. The highest BCUT2D eigenvalue weighted by atomic mass is 16.2. The monoisotopic (exact) mass is 246 g/mol. The van der Waals surface area contributed by atoms with Gasteiger partial charge in [0.25, 0.3) is 5.91 Å². The largest absolute Gasteiger partial charge is 0.338 e. The van der Waals surface area contributed by atoms with Crippen molar-refractivity contribution in [1.82, 2.24) is 20.2 Å². The fourth-order valence-electron chi connectivity index (χ4n) is 3.08. The number of hydrogen-bond acceptors (Lipinski definition) is 4. The lowest BCUT2D eigenvalue weighted by Gasteiger charge is -2.19. The molecule has 2 atom stereocenters. The SMILES string of the molecule is Cc1ncnc(C)c1C(=O)N1CC2CNCC2C1. The van der Waals surface area contributed by atoms with Gasteiger partial charge < -0.3 is 10.2 Å². The van der Waals surface area contributed by atoms with E-state index in [1.807, 2.05) is 18.7 Å². The van der Waals surface area contributed by atoms with Gasteiger partial charge in [0.2, 0.25) is 0 Å². The second-order valence-electron chi connectivity index (χ2n) is 5.31. The first kappa shape index (κ1) is 11.6. The number of carbonyl (C=O) groups excluding carboxylic acids is 1. The molecule has 2 fully saturated rings. The summed E-state index contributed by atoms with van der Waals surface area (Å²) in [5.41, 5.74) is 2.25. The average Bonchev–Trinajstić information content (AvgIpc) is 2.88. The molecule has 2 unspecified atom stereocenters. The number of nitrogens with one attached hydrogen (secondary N) is 1. The zero-order chi connectivity index (χ0) is 12.7. The number of aryl methyl sites for hydroxylation is 2. The summed E-state index contributed by atoms with van der Waals surface area (Å²) in [6.07, 6.45) is 1.52. The van der Waals surface area contributed by atoms with E-state index in [0.717, 1.165) is 37.6 Å². The van der Waals surface area contributed by atoms with E-state index in [1.54, 1.807) is 0 Å². The Morgan fingerprint density at radius 2 is 1.78 bits per heavy atom. The van der Waals surface area contributed by atoms with E-state index in [0.29, 0.717) is 17.4 Å². The first-order valence-corrected chi connectivity index (χ1v) is 6.45. The van der Waals surface area contributed by atoms with Crippen molar-refractivity contribution in [3.05, 3.63) is 23.3 Å². The Balaban J connectivity index is 1.83. The van der Waals surface area contributed by atoms with Crippen LogP contribution in [0, 0.1) is 25.7 Å². The molecule has 1 amide bonds. The lowest BCUT2D eigenvalue weighted by atomic mass is 10.0. The molecule has 1 aromatic heterocycles. The smallest absolute Gasteiger partial charge is 0.257 e. The number of amides is 1. The Morgan fingerprint density at radius 3 is 2.33 bits per heavy atom. The third kappa shape index (κ3) is 1.79. The molecule has 96 valence electrons. The van der Waals surface area contributed by atoms with Gasteiger partial charge in [-0.15, -0.1) is 0 Å². The van der Waals surface area contributed by atoms with E-state index in [-0.39, 0.29) is 5.91 Å². The van der Waals surface area contributed by atoms with E-state index in [4.69, 9.17) is 0 Å². The van der Waals surface area contributed by atoms with Crippen LogP contribution in [0.3, 0.4) is 0 Å². The predicted molar refractivity (Wildman–Crippen MR) is 67.3 cm³/mol. The number of carbonyl (C=O) groups is 1. The zero-order valence-electron chi connectivity index (χ0n) is 10.8. The highest BCUT2D eigenvalue weighted by Gasteiger charge is 2.38. The number of nitrogens with zero attached hydrogens (tertiary/aromatic N) is 3. The van der Waals surface area contributed by atoms with Gasteiger partial charge in [0, 0.05) is 26.2 Å². The highest BCUT2D eigenvalue weighted by Crippen LogP contribution is 2.28. The summed E-state index contributed by atoms with van der Waals surface area (Å²) in [4.78, 5) is 22.8. The van der Waals surface area contributed by atoms with Crippen molar-refractivity contribution in [2.75, 3.05) is 26.2 Å². The fourth-order valence-corrected chi connectivity index (χ4v) is 3.08. The van der Waals surface area contributed by atoms with Gasteiger partial charge >= 0.3 is 0 Å². The molecule has 0 aromatic carbocycles. The molecule has 3 heterocycles. The van der Waals surface area contributed by atoms with Crippen LogP contribution in [0.4, 0.5) is 0 Å². The molecule has 0 aliphatic carbocycles. The molecule has 2 aliphatic heterocycles. The van der Waals surface area contributed by atoms with Crippen LogP contribution in [0.2, 0.25) is 0 Å². The molecule has 5 nitrogen and oxygen atoms in total. The third-order valence-electron chi connectivity index (χ3n) is 4.12. The van der Waals surface area contributed by atoms with Gasteiger partial charge in [-0.05, 0) is 25.7 Å². The van der Waals surface area contributed by atoms with Gasteiger partial charge in [0.05, 0.1) is 17.0 Å². The Bertz CT molecular complexity index is 456. The van der Waals surface area contributed by atoms with Crippen LogP contribution in [0.1, 0.15) is 21.7 Å². The molecule has 0 saturated carbocycles. The van der Waals surface area contributed by atoms with Gasteiger partial charge in [-0.1, -0.05) is 0 Å². The van der Waals surface area contributed by atoms with E-state index >= 15 is 0 Å². The van der Waals surface area contributed by atoms with E-state index < -0.39 is 0 Å². The van der Waals surface area contributed by atoms with Crippen LogP contribution in [0.25, 0.3) is 0 Å². The van der Waals surface area contributed by atoms with Crippen molar-refractivity contribution in [3.8, 4) is 0 Å². The molecule has 5 heteroatoms. The minimum Gasteiger partial charge on any atom is -0.338 e. The molecule has 2 aliphatic rings. The van der Waals surface area contributed by atoms with Gasteiger partial charge in [-0.3, -0.25) is 4.79 Å². The van der Waals surface area contributed by atoms with E-state index in [1.165, 1.54) is 6.33 Å². The topological polar surface area (TPSA) is 58.1 Å². The molecule has 0 radical (unpaired) electrons. The Kier molecular flexibility index (Phi) is 2.78. The first-order chi connectivity index (χ1) is 8.66. The Labute approximate surface area is 107 Å². The number of rotatable bonds is 1. The molecule has 0 bridgehead atoms. The van der Waals surface area contributed by atoms with Crippen LogP contribution < -0.4 is 5.32 Å². The minimum absolute atomic E-state index is 0.0972. The molecule has 0 spiro atoms. The molecule has 1 aromatic rings. The van der Waals surface area contributed by atoms with Crippen molar-refractivity contribution < 1.29 is 4.79 Å². The predicted octanol–water partition coefficient (Wildman–Crippen LogP) is 0.385. The van der Waals surface area contributed by atoms with Gasteiger partial charge in [0.15, 0.2) is 0 Å². The third-order valence-corrected chi connectivity index (χ3v) is 4.12. The van der Waals surface area contributed by atoms with E-state index in [9.17, 15) is 4.79 Å². The molecule has 3 rings (SSSR count). The highest BCUT2D eigenvalue weighted by molar-refractivity contribution is 5.96. The van der Waals surface area contributed by atoms with E-state index in [2.05, 4.69) is 15.3 Å². The van der Waals surface area contributed by atoms with Crippen molar-refractivity contribution in [2.45, 2.75) is 13.8 Å². The maximum Gasteiger partial charge on any atom is 0.257 e. The average molecular weight is 246 g/mol. The number of hydrogen-bond donors (Lipinski definition) is 1. The zero-order valence-corrected chi connectivity index (χ0v) is 10.8. The molecule has 1 N–H and O–H groups in total. The number of aromatic nitrogens is 2. The van der Waals surface area contributed by atoms with Gasteiger partial charge in [-0.2, -0.15) is 0 Å². The van der Waals surface area contributed by atoms with Crippen LogP contribution in [0.15, 0.2) is 6.33 Å². The summed E-state index contributed by atoms with van der Waals surface area (Å²) in [5.74, 6) is 1.35. The number of likely N-dealkylation sites (tertiary alicyclic amines) is 1. The molecule has 18 heavy (non-hydrogen) atoms. The first-order valence-electron chi connectivity index (χ1n) is 6.45. The van der Waals surface area contributed by atoms with Crippen LogP contribution in [-0.4, -0.2) is 47.0 Å². The van der Waals surface area contributed by atoms with Crippen LogP contribution >= 0.6 is 0 Å². The summed E-state index contributed by atoms with van der Waals surface area (Å²) in [6.45, 7) is 7.56. The Hall–Kier alpha value is -1.49. The van der Waals surface area contributed by atoms with Crippen molar-refractivity contribution in [1.29, 1.82) is 0 Å². The fraction of sp³-hybridized carbons (Fsp3) is 0.615. The van der Waals surface area contributed by atoms with Crippen molar-refractivity contribution >= 4 is 5.91 Å². The maximum absolute atomic E-state index is 12.5. The second-order valence-corrected chi connectivity index (χ2v) is 5.31. The van der Waals surface area contributed by atoms with Crippen LogP contribution in [0.5, 0.6) is 0 Å². The van der Waals surface area contributed by atoms with Crippen LogP contribution in [-0.2, 0) is 0 Å². The summed E-state index contributed by atoms with van der Waals surface area (Å²) < 4.78 is 0. The normalized spacial score (nSPS) is 26.4. The van der Waals surface area contributed by atoms with Crippen molar-refractivity contribution in [2.24, 2.45) is 11.8 Å². The molecular weight excluding hydrogens is 228 g/mol. The number of fused-ring (bicyclic) bond motifs is 1. The summed E-state index contributed by atoms with van der Waals surface area (Å²) in [6, 6.07) is 0. The van der Waals surface area contributed by atoms with Gasteiger partial charge in [-0.25, -0.2) is 9.97 Å².